The highest BCUT2D eigenvalue weighted by Gasteiger charge is 2.51. The number of aliphatic hydroxyl groups is 3. The van der Waals surface area contributed by atoms with Crippen molar-refractivity contribution in [2.75, 3.05) is 28.3 Å². The summed E-state index contributed by atoms with van der Waals surface area (Å²) in [6.45, 7) is 13.5. The molecule has 0 radical (unpaired) electrons. The van der Waals surface area contributed by atoms with Crippen LogP contribution in [0.3, 0.4) is 0 Å². The Morgan fingerprint density at radius 2 is 1.65 bits per heavy atom. The van der Waals surface area contributed by atoms with Gasteiger partial charge in [-0.3, -0.25) is 9.59 Å². The highest BCUT2D eigenvalue weighted by Crippen LogP contribution is 2.38. The Morgan fingerprint density at radius 1 is 1.05 bits per heavy atom. The maximum absolute atomic E-state index is 13.9. The number of likely N-dealkylation sites (N-methyl/N-ethyl adjacent to an activating group) is 1. The first kappa shape index (κ1) is 37.5. The van der Waals surface area contributed by atoms with Gasteiger partial charge in [-0.05, 0) is 61.1 Å². The molecular weight excluding hydrogens is 560 g/mol. The molecule has 0 aliphatic carbocycles. The van der Waals surface area contributed by atoms with Crippen LogP contribution in [-0.4, -0.2) is 120 Å². The van der Waals surface area contributed by atoms with Crippen molar-refractivity contribution in [1.29, 1.82) is 0 Å². The van der Waals surface area contributed by atoms with Gasteiger partial charge in [-0.1, -0.05) is 32.9 Å². The van der Waals surface area contributed by atoms with Crippen LogP contribution in [-0.2, 0) is 33.4 Å². The van der Waals surface area contributed by atoms with E-state index in [9.17, 15) is 24.9 Å². The number of esters is 1. The summed E-state index contributed by atoms with van der Waals surface area (Å²) < 4.78 is 24.4. The molecule has 2 fully saturated rings. The number of methoxy groups -OCH3 is 1. The summed E-state index contributed by atoms with van der Waals surface area (Å²) in [5.41, 5.74) is -2.59. The molecule has 2 saturated heterocycles. The van der Waals surface area contributed by atoms with Gasteiger partial charge in [0, 0.05) is 30.9 Å². The summed E-state index contributed by atoms with van der Waals surface area (Å²) in [6, 6.07) is -0.249. The zero-order valence-corrected chi connectivity index (χ0v) is 28.1. The average Bonchev–Trinajstić information content (AvgIpc) is 2.95. The van der Waals surface area contributed by atoms with E-state index >= 15 is 0 Å². The molecule has 0 saturated carbocycles. The molecule has 0 amide bonds. The molecular formula is C31H56N2O10. The number of hydrogen-bond acceptors (Lipinski definition) is 12. The lowest BCUT2D eigenvalue weighted by Crippen LogP contribution is -2.60. The van der Waals surface area contributed by atoms with Crippen LogP contribution in [0.5, 0.6) is 0 Å². The number of oxime groups is 1. The first-order valence-corrected chi connectivity index (χ1v) is 15.3. The van der Waals surface area contributed by atoms with Gasteiger partial charge in [-0.15, -0.1) is 0 Å². The van der Waals surface area contributed by atoms with E-state index in [1.54, 1.807) is 27.7 Å². The van der Waals surface area contributed by atoms with Crippen molar-refractivity contribution >= 4 is 17.5 Å². The van der Waals surface area contributed by atoms with Crippen LogP contribution >= 0.6 is 0 Å². The number of cyclic esters (lactones) is 1. The third kappa shape index (κ3) is 8.14. The molecule has 2 heterocycles. The number of carbonyl (C=O) groups excluding carboxylic acids is 2. The molecule has 2 aliphatic rings. The molecule has 0 spiro atoms. The van der Waals surface area contributed by atoms with Crippen LogP contribution in [0.25, 0.3) is 0 Å². The number of nitrogens with zero attached hydrogens (tertiary/aromatic N) is 2. The van der Waals surface area contributed by atoms with Crippen molar-refractivity contribution in [3.63, 3.8) is 0 Å². The maximum Gasteiger partial charge on any atom is 0.316 e. The second-order valence-electron chi connectivity index (χ2n) is 13.2. The average molecular weight is 617 g/mol. The lowest BCUT2D eigenvalue weighted by Gasteiger charge is -2.47. The molecule has 13 atom stereocenters. The summed E-state index contributed by atoms with van der Waals surface area (Å²) in [7, 11) is 6.65. The van der Waals surface area contributed by atoms with E-state index in [1.165, 1.54) is 28.1 Å². The van der Waals surface area contributed by atoms with Crippen molar-refractivity contribution in [1.82, 2.24) is 4.90 Å². The molecule has 43 heavy (non-hydrogen) atoms. The van der Waals surface area contributed by atoms with E-state index in [4.69, 9.17) is 23.8 Å². The topological polar surface area (TPSA) is 157 Å². The minimum Gasteiger partial charge on any atom is -0.459 e. The van der Waals surface area contributed by atoms with Crippen molar-refractivity contribution in [3.8, 4) is 0 Å². The molecule has 0 aromatic heterocycles. The van der Waals surface area contributed by atoms with Crippen molar-refractivity contribution in [3.05, 3.63) is 0 Å². The second kappa shape index (κ2) is 15.1. The first-order chi connectivity index (χ1) is 19.9. The number of Topliss-reactive ketones (excluding diaryl/α,β-unsaturated/α-hetero) is 1. The summed E-state index contributed by atoms with van der Waals surface area (Å²) in [5, 5.41) is 38.4. The standard InChI is InChI=1S/C31H56N2O10/c1-13-22-31(8,38)26(36)18(4)23(32-40-12)16(2)15-30(7,39-11)27(19(5)24(34)20(6)28(37)42-22)43-29-25(35)21(33(9)10)14-17(3)41-29/h16-22,25-27,29,35-36,38H,13-15H2,1-12H3/b32-23+/t16-,17-,18+,19+,20-,21+,22-,25-,26-,27-,29+,30+,31-/m1/s1. The molecule has 0 aromatic rings. The van der Waals surface area contributed by atoms with Crippen molar-refractivity contribution in [2.45, 2.75) is 129 Å². The Hall–Kier alpha value is -1.67. The Morgan fingerprint density at radius 3 is 2.16 bits per heavy atom. The van der Waals surface area contributed by atoms with Gasteiger partial charge >= 0.3 is 5.97 Å². The zero-order chi connectivity index (χ0) is 33.0. The molecule has 0 unspecified atom stereocenters. The molecule has 250 valence electrons. The minimum absolute atomic E-state index is 0.195. The number of rotatable bonds is 6. The SMILES string of the molecule is CC[C@H]1OC(=O)[C@H](C)C(=O)[C@H](C)[C@@H](O[C@@H]2O[C@H](C)C[C@H](N(C)C)[C@H]2O)[C@@](C)(OC)C[C@@H](C)/C(=N\OC)[C@H](C)[C@@H](O)[C@]1(C)O. The first-order valence-electron chi connectivity index (χ1n) is 15.3. The predicted molar refractivity (Wildman–Crippen MR) is 160 cm³/mol. The number of ether oxygens (including phenoxy) is 4. The van der Waals surface area contributed by atoms with Gasteiger partial charge in [0.1, 0.15) is 30.8 Å². The monoisotopic (exact) mass is 616 g/mol. The fraction of sp³-hybridized carbons (Fsp3) is 0.903. The van der Waals surface area contributed by atoms with Gasteiger partial charge < -0.3 is 44.0 Å². The van der Waals surface area contributed by atoms with E-state index in [0.29, 0.717) is 12.1 Å². The van der Waals surface area contributed by atoms with E-state index < -0.39 is 77.3 Å². The smallest absolute Gasteiger partial charge is 0.316 e. The Bertz CT molecular complexity index is 974. The summed E-state index contributed by atoms with van der Waals surface area (Å²) in [4.78, 5) is 34.3. The van der Waals surface area contributed by atoms with Gasteiger partial charge in [0.05, 0.1) is 29.6 Å². The fourth-order valence-corrected chi connectivity index (χ4v) is 6.72. The maximum atomic E-state index is 13.9. The number of hydrogen-bond donors (Lipinski definition) is 3. The molecule has 2 rings (SSSR count). The number of aliphatic hydroxyl groups excluding tert-OH is 2. The van der Waals surface area contributed by atoms with Crippen molar-refractivity contribution < 1.29 is 48.7 Å². The molecule has 0 bridgehead atoms. The Balaban J connectivity index is 2.69. The van der Waals surface area contributed by atoms with Crippen LogP contribution in [0.2, 0.25) is 0 Å². The van der Waals surface area contributed by atoms with Gasteiger partial charge in [-0.25, -0.2) is 0 Å². The quantitative estimate of drug-likeness (QED) is 0.228. The third-order valence-electron chi connectivity index (χ3n) is 9.54. The Kier molecular flexibility index (Phi) is 13.2. The van der Waals surface area contributed by atoms with Gasteiger partial charge in [0.2, 0.25) is 0 Å². The zero-order valence-electron chi connectivity index (χ0n) is 28.1. The van der Waals surface area contributed by atoms with Crippen molar-refractivity contribution in [2.24, 2.45) is 28.8 Å². The molecule has 12 nitrogen and oxygen atoms in total. The number of carbonyl (C=O) groups is 2. The lowest BCUT2D eigenvalue weighted by molar-refractivity contribution is -0.295. The van der Waals surface area contributed by atoms with Gasteiger partial charge in [0.15, 0.2) is 12.1 Å². The molecule has 2 aliphatic heterocycles. The normalized spacial score (nSPS) is 45.1. The summed E-state index contributed by atoms with van der Waals surface area (Å²) in [5.74, 6) is -4.51. The summed E-state index contributed by atoms with van der Waals surface area (Å²) >= 11 is 0. The van der Waals surface area contributed by atoms with Crippen LogP contribution in [0.1, 0.15) is 74.7 Å². The fourth-order valence-electron chi connectivity index (χ4n) is 6.72. The highest BCUT2D eigenvalue weighted by molar-refractivity contribution is 6.00. The molecule has 0 aromatic carbocycles. The van der Waals surface area contributed by atoms with E-state index in [2.05, 4.69) is 5.16 Å². The largest absolute Gasteiger partial charge is 0.459 e. The molecule has 12 heteroatoms. The van der Waals surface area contributed by atoms with Crippen LogP contribution in [0.4, 0.5) is 0 Å². The summed E-state index contributed by atoms with van der Waals surface area (Å²) in [6.07, 6.45) is -4.76. The lowest BCUT2D eigenvalue weighted by atomic mass is 9.74. The van der Waals surface area contributed by atoms with Crippen LogP contribution in [0.15, 0.2) is 5.16 Å². The minimum atomic E-state index is -1.86. The second-order valence-corrected chi connectivity index (χ2v) is 13.2. The predicted octanol–water partition coefficient (Wildman–Crippen LogP) is 2.16. The Labute approximate surface area is 257 Å². The van der Waals surface area contributed by atoms with Crippen LogP contribution in [0, 0.1) is 23.7 Å². The van der Waals surface area contributed by atoms with Gasteiger partial charge in [0.25, 0.3) is 0 Å². The van der Waals surface area contributed by atoms with Gasteiger partial charge in [-0.2, -0.15) is 0 Å². The van der Waals surface area contributed by atoms with Crippen LogP contribution < -0.4 is 0 Å². The molecule has 3 N–H and O–H groups in total. The van der Waals surface area contributed by atoms with E-state index in [0.717, 1.165) is 0 Å². The van der Waals surface area contributed by atoms with E-state index in [-0.39, 0.29) is 25.0 Å². The van der Waals surface area contributed by atoms with E-state index in [1.807, 2.05) is 32.8 Å². The highest BCUT2D eigenvalue weighted by atomic mass is 16.7. The number of ketones is 1. The third-order valence-corrected chi connectivity index (χ3v) is 9.54.